The normalized spacial score (nSPS) is 14.0. The Bertz CT molecular complexity index is 199. The molecule has 16 heavy (non-hydrogen) atoms. The Labute approximate surface area is 94.2 Å². The zero-order valence-corrected chi connectivity index (χ0v) is 9.51. The predicted octanol–water partition coefficient (Wildman–Crippen LogP) is 0.310. The van der Waals surface area contributed by atoms with E-state index in [1.54, 1.807) is 0 Å². The molecule has 0 bridgehead atoms. The van der Waals surface area contributed by atoms with Gasteiger partial charge < -0.3 is 19.7 Å². The van der Waals surface area contributed by atoms with Crippen molar-refractivity contribution in [3.63, 3.8) is 0 Å². The van der Waals surface area contributed by atoms with E-state index in [2.05, 4.69) is 9.47 Å². The molecular formula is C10H18O6. The van der Waals surface area contributed by atoms with Gasteiger partial charge in [-0.15, -0.1) is 0 Å². The first-order chi connectivity index (χ1) is 7.41. The van der Waals surface area contributed by atoms with Crippen LogP contribution in [0.25, 0.3) is 0 Å². The molecule has 0 aliphatic rings. The Balaban J connectivity index is 3.46. The molecule has 0 saturated heterocycles. The van der Waals surface area contributed by atoms with Gasteiger partial charge in [-0.3, -0.25) is 9.59 Å². The predicted molar refractivity (Wildman–Crippen MR) is 54.0 cm³/mol. The molecule has 0 aliphatic heterocycles. The minimum absolute atomic E-state index is 0.146. The minimum atomic E-state index is -1.10. The van der Waals surface area contributed by atoms with Crippen LogP contribution in [0.5, 0.6) is 0 Å². The number of esters is 2. The lowest BCUT2D eigenvalue weighted by atomic mass is 10.2. The third-order valence-electron chi connectivity index (χ3n) is 1.62. The molecule has 0 aliphatic carbocycles. The van der Waals surface area contributed by atoms with Crippen LogP contribution in [0, 0.1) is 0 Å². The third kappa shape index (κ3) is 9.42. The number of ether oxygens (including phenoxy) is 2. The Morgan fingerprint density at radius 3 is 1.50 bits per heavy atom. The number of carbonyl (C=O) groups excluding carboxylic acids is 2. The molecule has 2 unspecified atom stereocenters. The highest BCUT2D eigenvalue weighted by molar-refractivity contribution is 5.70. The smallest absolute Gasteiger partial charge is 0.308 e. The lowest BCUT2D eigenvalue weighted by Gasteiger charge is -2.07. The van der Waals surface area contributed by atoms with E-state index in [4.69, 9.17) is 10.2 Å². The first-order valence-corrected chi connectivity index (χ1v) is 5.17. The molecule has 2 atom stereocenters. The summed E-state index contributed by atoms with van der Waals surface area (Å²) < 4.78 is 8.96. The van der Waals surface area contributed by atoms with Crippen molar-refractivity contribution in [2.75, 3.05) is 0 Å². The molecule has 0 spiro atoms. The molecule has 2 N–H and O–H groups in total. The highest BCUT2D eigenvalue weighted by atomic mass is 16.6. The van der Waals surface area contributed by atoms with Crippen LogP contribution >= 0.6 is 0 Å². The fourth-order valence-corrected chi connectivity index (χ4v) is 1.04. The van der Waals surface area contributed by atoms with Gasteiger partial charge in [-0.1, -0.05) is 0 Å². The number of rotatable bonds is 7. The van der Waals surface area contributed by atoms with E-state index in [0.717, 1.165) is 0 Å². The molecule has 6 nitrogen and oxygen atoms in total. The molecule has 6 heteroatoms. The summed E-state index contributed by atoms with van der Waals surface area (Å²) >= 11 is 0. The van der Waals surface area contributed by atoms with Gasteiger partial charge in [0.2, 0.25) is 0 Å². The SMILES string of the molecule is CC(O)OC(=O)CCCCC(=O)OC(C)O. The molecule has 94 valence electrons. The van der Waals surface area contributed by atoms with Gasteiger partial charge in [0.15, 0.2) is 12.6 Å². The minimum Gasteiger partial charge on any atom is -0.436 e. The summed E-state index contributed by atoms with van der Waals surface area (Å²) in [4.78, 5) is 21.9. The second-order valence-corrected chi connectivity index (χ2v) is 3.39. The van der Waals surface area contributed by atoms with Gasteiger partial charge in [0.25, 0.3) is 0 Å². The molecule has 0 aromatic heterocycles. The molecule has 0 radical (unpaired) electrons. The van der Waals surface area contributed by atoms with E-state index >= 15 is 0 Å². The van der Waals surface area contributed by atoms with Gasteiger partial charge in [0.1, 0.15) is 0 Å². The van der Waals surface area contributed by atoms with Crippen LogP contribution in [0.4, 0.5) is 0 Å². The van der Waals surface area contributed by atoms with Gasteiger partial charge in [0, 0.05) is 12.8 Å². The Morgan fingerprint density at radius 1 is 0.938 bits per heavy atom. The second-order valence-electron chi connectivity index (χ2n) is 3.39. The average Bonchev–Trinajstić information content (AvgIpc) is 2.10. The van der Waals surface area contributed by atoms with Crippen LogP contribution < -0.4 is 0 Å². The molecule has 0 aromatic rings. The van der Waals surface area contributed by atoms with E-state index < -0.39 is 24.5 Å². The quantitative estimate of drug-likeness (QED) is 0.374. The number of hydrogen-bond acceptors (Lipinski definition) is 6. The molecule has 0 amide bonds. The number of unbranched alkanes of at least 4 members (excludes halogenated alkanes) is 1. The van der Waals surface area contributed by atoms with Crippen molar-refractivity contribution >= 4 is 11.9 Å². The highest BCUT2D eigenvalue weighted by Gasteiger charge is 2.08. The Hall–Kier alpha value is -1.14. The Morgan fingerprint density at radius 2 is 1.25 bits per heavy atom. The Kier molecular flexibility index (Phi) is 7.49. The van der Waals surface area contributed by atoms with E-state index in [1.807, 2.05) is 0 Å². The van der Waals surface area contributed by atoms with Crippen molar-refractivity contribution in [2.45, 2.75) is 52.1 Å². The summed E-state index contributed by atoms with van der Waals surface area (Å²) in [7, 11) is 0. The maximum atomic E-state index is 10.9. The molecule has 0 saturated carbocycles. The van der Waals surface area contributed by atoms with Crippen molar-refractivity contribution in [2.24, 2.45) is 0 Å². The van der Waals surface area contributed by atoms with E-state index in [1.165, 1.54) is 13.8 Å². The monoisotopic (exact) mass is 234 g/mol. The van der Waals surface area contributed by atoms with Crippen LogP contribution in [0.1, 0.15) is 39.5 Å². The van der Waals surface area contributed by atoms with Crippen LogP contribution in [0.3, 0.4) is 0 Å². The molecular weight excluding hydrogens is 216 g/mol. The third-order valence-corrected chi connectivity index (χ3v) is 1.62. The van der Waals surface area contributed by atoms with E-state index in [9.17, 15) is 9.59 Å². The molecule has 0 heterocycles. The van der Waals surface area contributed by atoms with Crippen molar-refractivity contribution in [1.29, 1.82) is 0 Å². The lowest BCUT2D eigenvalue weighted by molar-refractivity contribution is -0.167. The fraction of sp³-hybridized carbons (Fsp3) is 0.800. The summed E-state index contributed by atoms with van der Waals surface area (Å²) in [6, 6.07) is 0. The van der Waals surface area contributed by atoms with Gasteiger partial charge >= 0.3 is 11.9 Å². The summed E-state index contributed by atoms with van der Waals surface area (Å²) in [5, 5.41) is 17.4. The van der Waals surface area contributed by atoms with Crippen LogP contribution in [-0.4, -0.2) is 34.7 Å². The first kappa shape index (κ1) is 14.9. The summed E-state index contributed by atoms with van der Waals surface area (Å²) in [6.07, 6.45) is -0.971. The summed E-state index contributed by atoms with van der Waals surface area (Å²) in [5.74, 6) is -1.00. The molecule has 0 rings (SSSR count). The van der Waals surface area contributed by atoms with Crippen LogP contribution in [0.15, 0.2) is 0 Å². The number of hydrogen-bond donors (Lipinski definition) is 2. The number of carbonyl (C=O) groups is 2. The summed E-state index contributed by atoms with van der Waals surface area (Å²) in [6.45, 7) is 2.69. The van der Waals surface area contributed by atoms with Crippen molar-refractivity contribution in [3.05, 3.63) is 0 Å². The topological polar surface area (TPSA) is 93.1 Å². The van der Waals surface area contributed by atoms with Crippen LogP contribution in [0.2, 0.25) is 0 Å². The lowest BCUT2D eigenvalue weighted by Crippen LogP contribution is -2.15. The van der Waals surface area contributed by atoms with Crippen molar-refractivity contribution < 1.29 is 29.3 Å². The van der Waals surface area contributed by atoms with E-state index in [0.29, 0.717) is 12.8 Å². The van der Waals surface area contributed by atoms with Crippen LogP contribution in [-0.2, 0) is 19.1 Å². The van der Waals surface area contributed by atoms with E-state index in [-0.39, 0.29) is 12.8 Å². The van der Waals surface area contributed by atoms with Gasteiger partial charge in [0.05, 0.1) is 0 Å². The maximum Gasteiger partial charge on any atom is 0.308 e. The first-order valence-electron chi connectivity index (χ1n) is 5.17. The number of aliphatic hydroxyl groups is 2. The largest absolute Gasteiger partial charge is 0.436 e. The molecule has 0 aromatic carbocycles. The van der Waals surface area contributed by atoms with Crippen molar-refractivity contribution in [1.82, 2.24) is 0 Å². The zero-order chi connectivity index (χ0) is 12.6. The highest BCUT2D eigenvalue weighted by Crippen LogP contribution is 2.04. The van der Waals surface area contributed by atoms with Gasteiger partial charge in [-0.2, -0.15) is 0 Å². The van der Waals surface area contributed by atoms with Crippen molar-refractivity contribution in [3.8, 4) is 0 Å². The molecule has 0 fully saturated rings. The van der Waals surface area contributed by atoms with Gasteiger partial charge in [-0.05, 0) is 26.7 Å². The zero-order valence-electron chi connectivity index (χ0n) is 9.51. The second kappa shape index (κ2) is 8.06. The summed E-state index contributed by atoms with van der Waals surface area (Å²) in [5.41, 5.74) is 0. The van der Waals surface area contributed by atoms with Gasteiger partial charge in [-0.25, -0.2) is 0 Å². The average molecular weight is 234 g/mol. The number of aliphatic hydroxyl groups excluding tert-OH is 2. The maximum absolute atomic E-state index is 10.9. The standard InChI is InChI=1S/C10H18O6/c1-7(11)15-9(13)5-3-4-6-10(14)16-8(2)12/h7-8,11-12H,3-6H2,1-2H3. The fourth-order valence-electron chi connectivity index (χ4n) is 1.04.